The Labute approximate surface area is 115 Å². The molecule has 1 amide bonds. The molecule has 1 aromatic rings. The van der Waals surface area contributed by atoms with Gasteiger partial charge in [-0.3, -0.25) is 14.9 Å². The van der Waals surface area contributed by atoms with Crippen molar-refractivity contribution in [1.29, 1.82) is 0 Å². The van der Waals surface area contributed by atoms with Gasteiger partial charge in [0.15, 0.2) is 0 Å². The Morgan fingerprint density at radius 2 is 2.30 bits per heavy atom. The van der Waals surface area contributed by atoms with Crippen molar-refractivity contribution in [3.63, 3.8) is 0 Å². The highest BCUT2D eigenvalue weighted by atomic mass is 19.1. The molecule has 0 radical (unpaired) electrons. The van der Waals surface area contributed by atoms with Gasteiger partial charge in [0.25, 0.3) is 11.6 Å². The Balaban J connectivity index is 2.24. The fraction of sp³-hybridized carbons (Fsp3) is 0.462. The fourth-order valence-corrected chi connectivity index (χ4v) is 2.22. The molecule has 0 spiro atoms. The lowest BCUT2D eigenvalue weighted by atomic mass is 9.94. The van der Waals surface area contributed by atoms with E-state index in [-0.39, 0.29) is 5.56 Å². The number of nitrogens with zero attached hydrogens (tertiary/aromatic N) is 1. The zero-order valence-corrected chi connectivity index (χ0v) is 11.0. The quantitative estimate of drug-likeness (QED) is 0.679. The van der Waals surface area contributed by atoms with Crippen molar-refractivity contribution in [2.45, 2.75) is 25.3 Å². The minimum atomic E-state index is -0.700. The van der Waals surface area contributed by atoms with Crippen molar-refractivity contribution in [3.05, 3.63) is 39.7 Å². The van der Waals surface area contributed by atoms with Gasteiger partial charge in [0, 0.05) is 12.7 Å². The number of halogens is 1. The number of benzene rings is 1. The third-order valence-electron chi connectivity index (χ3n) is 3.25. The molecule has 6 nitrogen and oxygen atoms in total. The summed E-state index contributed by atoms with van der Waals surface area (Å²) in [7, 11) is 0. The van der Waals surface area contributed by atoms with Crippen molar-refractivity contribution < 1.29 is 18.8 Å². The average molecular weight is 282 g/mol. The minimum Gasteiger partial charge on any atom is -0.379 e. The molecule has 1 aromatic carbocycles. The number of carbonyl (C=O) groups excluding carboxylic acids is 1. The average Bonchev–Trinajstić information content (AvgIpc) is 2.38. The van der Waals surface area contributed by atoms with Crippen molar-refractivity contribution >= 4 is 11.6 Å². The van der Waals surface area contributed by atoms with Crippen LogP contribution in [-0.2, 0) is 4.74 Å². The van der Waals surface area contributed by atoms with Gasteiger partial charge in [0.2, 0.25) is 0 Å². The zero-order chi connectivity index (χ0) is 14.8. The summed E-state index contributed by atoms with van der Waals surface area (Å²) in [6.07, 6.45) is 1.50. The summed E-state index contributed by atoms with van der Waals surface area (Å²) in [6.45, 7) is 2.77. The molecule has 0 aliphatic carbocycles. The van der Waals surface area contributed by atoms with E-state index in [9.17, 15) is 19.3 Å². The number of ether oxygens (including phenoxy) is 1. The number of rotatable bonds is 3. The molecule has 0 saturated carbocycles. The highest BCUT2D eigenvalue weighted by molar-refractivity contribution is 5.98. The molecule has 1 heterocycles. The maximum Gasteiger partial charge on any atom is 0.282 e. The van der Waals surface area contributed by atoms with Crippen LogP contribution in [0.1, 0.15) is 30.1 Å². The molecule has 0 bridgehead atoms. The molecule has 1 saturated heterocycles. The van der Waals surface area contributed by atoms with E-state index in [1.165, 1.54) is 0 Å². The minimum absolute atomic E-state index is 0.276. The molecular formula is C13H15FN2O4. The molecule has 0 aromatic heterocycles. The first-order valence-electron chi connectivity index (χ1n) is 6.25. The van der Waals surface area contributed by atoms with Gasteiger partial charge in [0.05, 0.1) is 17.1 Å². The standard InChI is InChI=1S/C13H15FN2O4/c1-13(5-2-6-20-8-13)15-12(17)10-7-9(14)3-4-11(10)16(18)19/h3-4,7H,2,5-6,8H2,1H3,(H,15,17)/t13-/m1/s1. The maximum absolute atomic E-state index is 13.2. The van der Waals surface area contributed by atoms with Gasteiger partial charge in [-0.1, -0.05) is 0 Å². The summed E-state index contributed by atoms with van der Waals surface area (Å²) in [6, 6.07) is 2.82. The summed E-state index contributed by atoms with van der Waals surface area (Å²) in [5.74, 6) is -1.35. The van der Waals surface area contributed by atoms with E-state index in [1.54, 1.807) is 6.92 Å². The van der Waals surface area contributed by atoms with Crippen LogP contribution >= 0.6 is 0 Å². The smallest absolute Gasteiger partial charge is 0.282 e. The van der Waals surface area contributed by atoms with Gasteiger partial charge in [-0.2, -0.15) is 0 Å². The van der Waals surface area contributed by atoms with Gasteiger partial charge in [-0.05, 0) is 31.9 Å². The van der Waals surface area contributed by atoms with E-state index >= 15 is 0 Å². The molecule has 1 N–H and O–H groups in total. The monoisotopic (exact) mass is 282 g/mol. The van der Waals surface area contributed by atoms with E-state index in [4.69, 9.17) is 4.74 Å². The van der Waals surface area contributed by atoms with Crippen LogP contribution in [0.15, 0.2) is 18.2 Å². The predicted octanol–water partition coefficient (Wildman–Crippen LogP) is 2.03. The van der Waals surface area contributed by atoms with Crippen molar-refractivity contribution in [3.8, 4) is 0 Å². The number of nitrogens with one attached hydrogen (secondary N) is 1. The fourth-order valence-electron chi connectivity index (χ4n) is 2.22. The molecular weight excluding hydrogens is 267 g/mol. The topological polar surface area (TPSA) is 81.5 Å². The Morgan fingerprint density at radius 3 is 2.90 bits per heavy atom. The molecule has 20 heavy (non-hydrogen) atoms. The van der Waals surface area contributed by atoms with Gasteiger partial charge < -0.3 is 10.1 Å². The number of nitro groups is 1. The van der Waals surface area contributed by atoms with Gasteiger partial charge >= 0.3 is 0 Å². The van der Waals surface area contributed by atoms with Crippen molar-refractivity contribution in [2.75, 3.05) is 13.2 Å². The lowest BCUT2D eigenvalue weighted by Gasteiger charge is -2.34. The number of hydrogen-bond donors (Lipinski definition) is 1. The Morgan fingerprint density at radius 1 is 1.55 bits per heavy atom. The molecule has 7 heteroatoms. The number of amides is 1. The highest BCUT2D eigenvalue weighted by Crippen LogP contribution is 2.23. The number of nitro benzene ring substituents is 1. The molecule has 2 rings (SSSR count). The highest BCUT2D eigenvalue weighted by Gasteiger charge is 2.31. The SMILES string of the molecule is C[C@@]1(NC(=O)c2cc(F)ccc2[N+](=O)[O-])CCCOC1. The summed E-state index contributed by atoms with van der Waals surface area (Å²) in [5.41, 5.74) is -1.28. The second kappa shape index (κ2) is 5.54. The molecule has 1 aliphatic rings. The van der Waals surface area contributed by atoms with Gasteiger partial charge in [-0.15, -0.1) is 0 Å². The lowest BCUT2D eigenvalue weighted by molar-refractivity contribution is -0.385. The van der Waals surface area contributed by atoms with Crippen LogP contribution in [0.3, 0.4) is 0 Å². The van der Waals surface area contributed by atoms with Gasteiger partial charge in [-0.25, -0.2) is 4.39 Å². The molecule has 0 unspecified atom stereocenters. The summed E-state index contributed by atoms with van der Waals surface area (Å²) >= 11 is 0. The Bertz CT molecular complexity index is 541. The van der Waals surface area contributed by atoms with Crippen molar-refractivity contribution in [1.82, 2.24) is 5.32 Å². The van der Waals surface area contributed by atoms with Crippen LogP contribution in [0, 0.1) is 15.9 Å². The van der Waals surface area contributed by atoms with E-state index in [2.05, 4.69) is 5.32 Å². The maximum atomic E-state index is 13.2. The number of hydrogen-bond acceptors (Lipinski definition) is 4. The second-order valence-electron chi connectivity index (χ2n) is 5.09. The third-order valence-corrected chi connectivity index (χ3v) is 3.25. The summed E-state index contributed by atoms with van der Waals surface area (Å²) in [4.78, 5) is 22.3. The lowest BCUT2D eigenvalue weighted by Crippen LogP contribution is -2.51. The van der Waals surface area contributed by atoms with Crippen LogP contribution < -0.4 is 5.32 Å². The molecule has 1 aliphatic heterocycles. The van der Waals surface area contributed by atoms with Crippen LogP contribution in [-0.4, -0.2) is 29.6 Å². The van der Waals surface area contributed by atoms with Crippen LogP contribution in [0.25, 0.3) is 0 Å². The van der Waals surface area contributed by atoms with E-state index in [1.807, 2.05) is 0 Å². The second-order valence-corrected chi connectivity index (χ2v) is 5.09. The Hall–Kier alpha value is -2.02. The zero-order valence-electron chi connectivity index (χ0n) is 11.0. The molecule has 1 atom stereocenters. The normalized spacial score (nSPS) is 22.3. The largest absolute Gasteiger partial charge is 0.379 e. The van der Waals surface area contributed by atoms with Crippen LogP contribution in [0.4, 0.5) is 10.1 Å². The first kappa shape index (κ1) is 14.4. The van der Waals surface area contributed by atoms with Crippen LogP contribution in [0.2, 0.25) is 0 Å². The van der Waals surface area contributed by atoms with Crippen LogP contribution in [0.5, 0.6) is 0 Å². The summed E-state index contributed by atoms with van der Waals surface area (Å²) in [5, 5.41) is 13.6. The molecule has 108 valence electrons. The first-order valence-corrected chi connectivity index (χ1v) is 6.25. The third kappa shape index (κ3) is 3.11. The van der Waals surface area contributed by atoms with Gasteiger partial charge in [0.1, 0.15) is 11.4 Å². The predicted molar refractivity (Wildman–Crippen MR) is 69.0 cm³/mol. The molecule has 1 fully saturated rings. The number of carbonyl (C=O) groups is 1. The first-order chi connectivity index (χ1) is 9.41. The van der Waals surface area contributed by atoms with E-state index in [0.717, 1.165) is 24.6 Å². The van der Waals surface area contributed by atoms with Crippen molar-refractivity contribution in [2.24, 2.45) is 0 Å². The Kier molecular flexibility index (Phi) is 3.99. The summed E-state index contributed by atoms with van der Waals surface area (Å²) < 4.78 is 18.5. The van der Waals surface area contributed by atoms with E-state index in [0.29, 0.717) is 19.6 Å². The van der Waals surface area contributed by atoms with E-state index < -0.39 is 27.9 Å².